The predicted molar refractivity (Wildman–Crippen MR) is 72.8 cm³/mol. The second-order valence-electron chi connectivity index (χ2n) is 5.69. The van der Waals surface area contributed by atoms with E-state index in [1.165, 1.54) is 22.3 Å². The van der Waals surface area contributed by atoms with Gasteiger partial charge in [-0.15, -0.1) is 0 Å². The van der Waals surface area contributed by atoms with E-state index in [9.17, 15) is 0 Å². The van der Waals surface area contributed by atoms with Crippen molar-refractivity contribution in [3.63, 3.8) is 0 Å². The topological polar surface area (TPSA) is 12.5 Å². The molecular weight excluding hydrogens is 208 g/mol. The molecular formula is C16H24O. The first-order chi connectivity index (χ1) is 7.91. The van der Waals surface area contributed by atoms with Crippen LogP contribution < -0.4 is 0 Å². The lowest BCUT2D eigenvalue weighted by molar-refractivity contribution is 0.362. The Balaban J connectivity index is 2.29. The molecule has 1 saturated heterocycles. The first kappa shape index (κ1) is 12.6. The summed E-state index contributed by atoms with van der Waals surface area (Å²) >= 11 is 0. The van der Waals surface area contributed by atoms with Crippen LogP contribution in [0.1, 0.15) is 54.0 Å². The van der Waals surface area contributed by atoms with Crippen molar-refractivity contribution in [2.24, 2.45) is 0 Å². The highest BCUT2D eigenvalue weighted by Gasteiger charge is 2.35. The highest BCUT2D eigenvalue weighted by Crippen LogP contribution is 2.36. The molecule has 0 amide bonds. The lowest BCUT2D eigenvalue weighted by Gasteiger charge is -2.20. The fourth-order valence-corrected chi connectivity index (χ4v) is 2.93. The van der Waals surface area contributed by atoms with Gasteiger partial charge in [0.25, 0.3) is 0 Å². The summed E-state index contributed by atoms with van der Waals surface area (Å²) < 4.78 is 5.55. The monoisotopic (exact) mass is 232 g/mol. The van der Waals surface area contributed by atoms with Crippen LogP contribution in [0, 0.1) is 27.7 Å². The van der Waals surface area contributed by atoms with E-state index in [0.717, 1.165) is 6.42 Å². The molecule has 17 heavy (non-hydrogen) atoms. The molecule has 0 radical (unpaired) electrons. The summed E-state index contributed by atoms with van der Waals surface area (Å²) in [5.74, 6) is 0.601. The molecule has 2 rings (SSSR count). The summed E-state index contributed by atoms with van der Waals surface area (Å²) in [7, 11) is 0. The van der Waals surface area contributed by atoms with Crippen molar-refractivity contribution in [2.45, 2.75) is 66.1 Å². The van der Waals surface area contributed by atoms with E-state index in [1.54, 1.807) is 5.56 Å². The van der Waals surface area contributed by atoms with Crippen LogP contribution >= 0.6 is 0 Å². The van der Waals surface area contributed by atoms with Gasteiger partial charge >= 0.3 is 0 Å². The zero-order chi connectivity index (χ0) is 12.7. The van der Waals surface area contributed by atoms with E-state index in [2.05, 4.69) is 47.6 Å². The molecule has 0 bridgehead atoms. The quantitative estimate of drug-likeness (QED) is 0.711. The number of epoxide rings is 1. The van der Waals surface area contributed by atoms with Crippen LogP contribution in [0.5, 0.6) is 0 Å². The molecule has 3 unspecified atom stereocenters. The summed E-state index contributed by atoms with van der Waals surface area (Å²) in [6.45, 7) is 13.4. The Labute approximate surface area is 105 Å². The molecule has 1 heterocycles. The zero-order valence-corrected chi connectivity index (χ0v) is 11.9. The third kappa shape index (κ3) is 2.40. The van der Waals surface area contributed by atoms with Crippen molar-refractivity contribution < 1.29 is 4.74 Å². The Kier molecular flexibility index (Phi) is 3.31. The van der Waals surface area contributed by atoms with Gasteiger partial charge in [0.2, 0.25) is 0 Å². The second kappa shape index (κ2) is 4.45. The summed E-state index contributed by atoms with van der Waals surface area (Å²) in [4.78, 5) is 0. The van der Waals surface area contributed by atoms with E-state index in [1.807, 2.05) is 0 Å². The van der Waals surface area contributed by atoms with Crippen molar-refractivity contribution >= 4 is 0 Å². The van der Waals surface area contributed by atoms with E-state index >= 15 is 0 Å². The Morgan fingerprint density at radius 2 is 1.59 bits per heavy atom. The molecule has 0 N–H and O–H groups in total. The predicted octanol–water partition coefficient (Wildman–Crippen LogP) is 4.20. The minimum Gasteiger partial charge on any atom is -0.370 e. The minimum atomic E-state index is 0.476. The maximum Gasteiger partial charge on any atom is 0.0844 e. The minimum absolute atomic E-state index is 0.476. The Bertz CT molecular complexity index is 407. The Morgan fingerprint density at radius 1 is 1.12 bits per heavy atom. The van der Waals surface area contributed by atoms with Crippen molar-refractivity contribution in [3.8, 4) is 0 Å². The zero-order valence-electron chi connectivity index (χ0n) is 11.9. The van der Waals surface area contributed by atoms with E-state index in [0.29, 0.717) is 18.1 Å². The maximum absolute atomic E-state index is 5.55. The fraction of sp³-hybridized carbons (Fsp3) is 0.625. The molecule has 0 saturated carbocycles. The van der Waals surface area contributed by atoms with Crippen LogP contribution in [-0.2, 0) is 4.74 Å². The molecule has 1 nitrogen and oxygen atoms in total. The van der Waals surface area contributed by atoms with E-state index in [4.69, 9.17) is 4.74 Å². The van der Waals surface area contributed by atoms with Crippen molar-refractivity contribution in [3.05, 3.63) is 33.9 Å². The van der Waals surface area contributed by atoms with Gasteiger partial charge < -0.3 is 4.74 Å². The summed E-state index contributed by atoms with van der Waals surface area (Å²) in [5, 5.41) is 0. The van der Waals surface area contributed by atoms with E-state index in [-0.39, 0.29) is 0 Å². The first-order valence-corrected chi connectivity index (χ1v) is 6.64. The number of rotatable bonds is 3. The van der Waals surface area contributed by atoms with Crippen LogP contribution in [0.2, 0.25) is 0 Å². The number of hydrogen-bond donors (Lipinski definition) is 0. The van der Waals surface area contributed by atoms with Gasteiger partial charge in [-0.05, 0) is 74.8 Å². The largest absolute Gasteiger partial charge is 0.370 e. The molecule has 1 heteroatoms. The SMILES string of the molecule is Cc1cc(C)c(C)c(C(C)CC2OC2C)c1C. The molecule has 1 fully saturated rings. The van der Waals surface area contributed by atoms with Gasteiger partial charge in [0.05, 0.1) is 12.2 Å². The van der Waals surface area contributed by atoms with Gasteiger partial charge in [0.1, 0.15) is 0 Å². The summed E-state index contributed by atoms with van der Waals surface area (Å²) in [6, 6.07) is 2.30. The Morgan fingerprint density at radius 3 is 2.00 bits per heavy atom. The summed E-state index contributed by atoms with van der Waals surface area (Å²) in [6.07, 6.45) is 2.12. The normalized spacial score (nSPS) is 24.8. The molecule has 1 aliphatic heterocycles. The molecule has 0 aliphatic carbocycles. The summed E-state index contributed by atoms with van der Waals surface area (Å²) in [5.41, 5.74) is 7.31. The van der Waals surface area contributed by atoms with Crippen LogP contribution in [0.15, 0.2) is 6.07 Å². The van der Waals surface area contributed by atoms with Crippen molar-refractivity contribution in [1.29, 1.82) is 0 Å². The van der Waals surface area contributed by atoms with Gasteiger partial charge in [-0.25, -0.2) is 0 Å². The van der Waals surface area contributed by atoms with Gasteiger partial charge in [-0.2, -0.15) is 0 Å². The second-order valence-corrected chi connectivity index (χ2v) is 5.69. The molecule has 1 aromatic rings. The fourth-order valence-electron chi connectivity index (χ4n) is 2.93. The lowest BCUT2D eigenvalue weighted by atomic mass is 9.84. The maximum atomic E-state index is 5.55. The molecule has 0 spiro atoms. The number of benzene rings is 1. The Hall–Kier alpha value is -0.820. The average molecular weight is 232 g/mol. The average Bonchev–Trinajstić information content (AvgIpc) is 2.91. The van der Waals surface area contributed by atoms with Crippen LogP contribution in [0.4, 0.5) is 0 Å². The van der Waals surface area contributed by atoms with Crippen molar-refractivity contribution in [2.75, 3.05) is 0 Å². The van der Waals surface area contributed by atoms with Crippen LogP contribution in [0.3, 0.4) is 0 Å². The molecule has 1 aliphatic rings. The molecule has 0 aromatic heterocycles. The van der Waals surface area contributed by atoms with Gasteiger partial charge in [0.15, 0.2) is 0 Å². The van der Waals surface area contributed by atoms with Crippen LogP contribution in [0.25, 0.3) is 0 Å². The van der Waals surface area contributed by atoms with Gasteiger partial charge in [0, 0.05) is 0 Å². The van der Waals surface area contributed by atoms with Crippen LogP contribution in [-0.4, -0.2) is 12.2 Å². The molecule has 1 aromatic carbocycles. The van der Waals surface area contributed by atoms with Gasteiger partial charge in [-0.3, -0.25) is 0 Å². The van der Waals surface area contributed by atoms with Gasteiger partial charge in [-0.1, -0.05) is 13.0 Å². The third-order valence-corrected chi connectivity index (χ3v) is 4.34. The molecule has 3 atom stereocenters. The number of hydrogen-bond acceptors (Lipinski definition) is 1. The van der Waals surface area contributed by atoms with E-state index < -0.39 is 0 Å². The third-order valence-electron chi connectivity index (χ3n) is 4.34. The smallest absolute Gasteiger partial charge is 0.0844 e. The standard InChI is InChI=1S/C16H24O/c1-9-7-10(2)13(5)16(12(9)4)11(3)8-15-14(6)17-15/h7,11,14-15H,8H2,1-6H3. The highest BCUT2D eigenvalue weighted by molar-refractivity contribution is 5.45. The number of ether oxygens (including phenoxy) is 1. The number of aryl methyl sites for hydroxylation is 2. The molecule has 94 valence electrons. The lowest BCUT2D eigenvalue weighted by Crippen LogP contribution is -2.06. The highest BCUT2D eigenvalue weighted by atomic mass is 16.6. The first-order valence-electron chi connectivity index (χ1n) is 6.64. The van der Waals surface area contributed by atoms with Crippen molar-refractivity contribution in [1.82, 2.24) is 0 Å².